The van der Waals surface area contributed by atoms with E-state index in [1.165, 1.54) is 10.9 Å². The van der Waals surface area contributed by atoms with E-state index >= 15 is 0 Å². The third-order valence-corrected chi connectivity index (χ3v) is 7.02. The van der Waals surface area contributed by atoms with Crippen molar-refractivity contribution < 1.29 is 19.0 Å². The first-order valence-corrected chi connectivity index (χ1v) is 13.7. The van der Waals surface area contributed by atoms with Crippen LogP contribution in [0, 0.1) is 0 Å². The summed E-state index contributed by atoms with van der Waals surface area (Å²) < 4.78 is 19.0. The molecular weight excluding hydrogens is 576 g/mol. The van der Waals surface area contributed by atoms with Gasteiger partial charge in [0.2, 0.25) is 0 Å². The van der Waals surface area contributed by atoms with Gasteiger partial charge in [-0.2, -0.15) is 9.78 Å². The smallest absolute Gasteiger partial charge is 0.282 e. The molecule has 0 N–H and O–H groups in total. The largest absolute Gasteiger partial charge is 0.490 e. The first-order chi connectivity index (χ1) is 18.3. The van der Waals surface area contributed by atoms with Crippen LogP contribution in [0.5, 0.6) is 11.5 Å². The number of benzene rings is 2. The third kappa shape index (κ3) is 6.36. The van der Waals surface area contributed by atoms with Gasteiger partial charge < -0.3 is 19.1 Å². The number of fused-ring (bicyclic) bond motifs is 1. The van der Waals surface area contributed by atoms with Crippen molar-refractivity contribution in [3.05, 3.63) is 61.6 Å². The van der Waals surface area contributed by atoms with Crippen LogP contribution in [0.25, 0.3) is 10.9 Å². The van der Waals surface area contributed by atoms with Gasteiger partial charge in [-0.25, -0.2) is 4.98 Å². The zero-order chi connectivity index (χ0) is 27.2. The van der Waals surface area contributed by atoms with E-state index in [4.69, 9.17) is 30.8 Å². The van der Waals surface area contributed by atoms with Crippen molar-refractivity contribution in [2.45, 2.75) is 33.1 Å². The first kappa shape index (κ1) is 28.1. The Morgan fingerprint density at radius 2 is 2.00 bits per heavy atom. The molecule has 3 aromatic rings. The van der Waals surface area contributed by atoms with Crippen LogP contribution in [0.4, 0.5) is 0 Å². The highest BCUT2D eigenvalue weighted by atomic mass is 79.9. The minimum atomic E-state index is -0.263. The average Bonchev–Trinajstić information content (AvgIpc) is 2.92. The van der Waals surface area contributed by atoms with Crippen LogP contribution < -0.4 is 15.0 Å². The van der Waals surface area contributed by atoms with Crippen molar-refractivity contribution >= 4 is 50.6 Å². The Morgan fingerprint density at radius 1 is 1.24 bits per heavy atom. The summed E-state index contributed by atoms with van der Waals surface area (Å²) in [5.74, 6) is 1.09. The quantitative estimate of drug-likeness (QED) is 0.324. The fraction of sp³-hybridized carbons (Fsp3) is 0.407. The van der Waals surface area contributed by atoms with Gasteiger partial charge in [0.15, 0.2) is 18.1 Å². The molecule has 1 aliphatic heterocycles. The molecule has 0 spiro atoms. The second kappa shape index (κ2) is 12.7. The van der Waals surface area contributed by atoms with Crippen LogP contribution in [0.15, 0.2) is 44.7 Å². The molecule has 1 fully saturated rings. The third-order valence-electron chi connectivity index (χ3n) is 6.24. The fourth-order valence-electron chi connectivity index (χ4n) is 4.01. The van der Waals surface area contributed by atoms with Crippen molar-refractivity contribution in [3.8, 4) is 11.5 Å². The van der Waals surface area contributed by atoms with Crippen LogP contribution in [-0.2, 0) is 9.53 Å². The van der Waals surface area contributed by atoms with Crippen LogP contribution in [0.3, 0.4) is 0 Å². The number of carbonyl (C=O) groups excluding carboxylic acids is 1. The Kier molecular flexibility index (Phi) is 9.40. The Labute approximate surface area is 234 Å². The van der Waals surface area contributed by atoms with Crippen molar-refractivity contribution in [1.29, 1.82) is 0 Å². The van der Waals surface area contributed by atoms with E-state index in [2.05, 4.69) is 21.0 Å². The molecule has 38 heavy (non-hydrogen) atoms. The fourth-order valence-corrected chi connectivity index (χ4v) is 4.64. The number of hydrogen-bond acceptors (Lipinski definition) is 7. The highest BCUT2D eigenvalue weighted by molar-refractivity contribution is 9.10. The second-order valence-electron chi connectivity index (χ2n) is 8.85. The van der Waals surface area contributed by atoms with Crippen LogP contribution in [0.2, 0.25) is 5.02 Å². The van der Waals surface area contributed by atoms with E-state index in [9.17, 15) is 9.59 Å². The molecule has 1 atom stereocenters. The predicted octanol–water partition coefficient (Wildman–Crippen LogP) is 4.84. The lowest BCUT2D eigenvalue weighted by molar-refractivity contribution is -0.137. The molecule has 0 saturated carbocycles. The van der Waals surface area contributed by atoms with Gasteiger partial charge in [0.05, 0.1) is 42.0 Å². The first-order valence-electron chi connectivity index (χ1n) is 12.5. The lowest BCUT2D eigenvalue weighted by Gasteiger charge is -2.27. The molecule has 0 bridgehead atoms. The molecule has 11 heteroatoms. The zero-order valence-corrected chi connectivity index (χ0v) is 23.9. The van der Waals surface area contributed by atoms with E-state index in [0.29, 0.717) is 61.0 Å². The number of carbonyl (C=O) groups is 1. The summed E-state index contributed by atoms with van der Waals surface area (Å²) in [6, 6.07) is 8.79. The summed E-state index contributed by atoms with van der Waals surface area (Å²) >= 11 is 9.98. The topological polar surface area (TPSA) is 95.2 Å². The van der Waals surface area contributed by atoms with Crippen molar-refractivity contribution in [2.24, 2.45) is 5.10 Å². The van der Waals surface area contributed by atoms with Crippen LogP contribution >= 0.6 is 27.5 Å². The van der Waals surface area contributed by atoms with Crippen LogP contribution in [0.1, 0.15) is 44.5 Å². The number of ether oxygens (including phenoxy) is 3. The zero-order valence-electron chi connectivity index (χ0n) is 21.6. The van der Waals surface area contributed by atoms with Crippen molar-refractivity contribution in [1.82, 2.24) is 14.6 Å². The standard InChI is InChI=1S/C27H30BrClN4O5/c1-4-17(3)26-31-22-7-6-19(28)14-20(22)27(35)33(26)30-15-18-12-21(29)25(23(13-18)37-5-2)38-16-24(34)32-8-10-36-11-9-32/h6-7,12-15,17H,4-5,8-11,16H2,1-3H3/t17-/m1/s1. The molecule has 4 rings (SSSR count). The summed E-state index contributed by atoms with van der Waals surface area (Å²) in [6.45, 7) is 8.16. The molecule has 2 aromatic carbocycles. The Morgan fingerprint density at radius 3 is 2.71 bits per heavy atom. The van der Waals surface area contributed by atoms with E-state index < -0.39 is 0 Å². The number of rotatable bonds is 9. The lowest BCUT2D eigenvalue weighted by atomic mass is 10.1. The van der Waals surface area contributed by atoms with Gasteiger partial charge in [-0.05, 0) is 49.2 Å². The van der Waals surface area contributed by atoms with Crippen molar-refractivity contribution in [3.63, 3.8) is 0 Å². The van der Waals surface area contributed by atoms with Crippen molar-refractivity contribution in [2.75, 3.05) is 39.5 Å². The Balaban J connectivity index is 1.65. The van der Waals surface area contributed by atoms with Gasteiger partial charge in [0.25, 0.3) is 11.5 Å². The SMILES string of the molecule is CCOc1cc(C=Nn2c([C@H](C)CC)nc3ccc(Br)cc3c2=O)cc(Cl)c1OCC(=O)N1CCOCC1. The van der Waals surface area contributed by atoms with E-state index in [0.717, 1.165) is 10.9 Å². The Hall–Kier alpha value is -2.95. The summed E-state index contributed by atoms with van der Waals surface area (Å²) in [4.78, 5) is 32.4. The minimum absolute atomic E-state index is 0.00949. The second-order valence-corrected chi connectivity index (χ2v) is 10.2. The Bertz CT molecular complexity index is 1400. The predicted molar refractivity (Wildman–Crippen MR) is 151 cm³/mol. The minimum Gasteiger partial charge on any atom is -0.490 e. The van der Waals surface area contributed by atoms with E-state index in [1.54, 1.807) is 23.1 Å². The van der Waals surface area contributed by atoms with E-state index in [1.807, 2.05) is 32.9 Å². The van der Waals surface area contributed by atoms with Gasteiger partial charge >= 0.3 is 0 Å². The van der Waals surface area contributed by atoms with Gasteiger partial charge in [0.1, 0.15) is 5.82 Å². The number of amides is 1. The summed E-state index contributed by atoms with van der Waals surface area (Å²) in [6.07, 6.45) is 2.33. The molecule has 0 unspecified atom stereocenters. The molecule has 1 saturated heterocycles. The molecule has 202 valence electrons. The molecule has 1 aliphatic rings. The maximum atomic E-state index is 13.4. The number of morpholine rings is 1. The number of nitrogens with zero attached hydrogens (tertiary/aromatic N) is 4. The number of halogens is 2. The highest BCUT2D eigenvalue weighted by Crippen LogP contribution is 2.36. The molecular formula is C27H30BrClN4O5. The average molecular weight is 606 g/mol. The van der Waals surface area contributed by atoms with Gasteiger partial charge in [-0.1, -0.05) is 41.4 Å². The summed E-state index contributed by atoms with van der Waals surface area (Å²) in [5.41, 5.74) is 0.956. The van der Waals surface area contributed by atoms with Gasteiger partial charge in [0, 0.05) is 23.5 Å². The summed E-state index contributed by atoms with van der Waals surface area (Å²) in [5, 5.41) is 5.24. The molecule has 9 nitrogen and oxygen atoms in total. The van der Waals surface area contributed by atoms with Gasteiger partial charge in [-0.3, -0.25) is 9.59 Å². The molecule has 0 radical (unpaired) electrons. The number of aromatic nitrogens is 2. The molecule has 2 heterocycles. The monoisotopic (exact) mass is 604 g/mol. The maximum absolute atomic E-state index is 13.4. The normalized spacial score (nSPS) is 14.7. The number of hydrogen-bond donors (Lipinski definition) is 0. The molecule has 1 aromatic heterocycles. The van der Waals surface area contributed by atoms with Crippen LogP contribution in [-0.4, -0.2) is 66.2 Å². The maximum Gasteiger partial charge on any atom is 0.282 e. The molecule has 0 aliphatic carbocycles. The van der Waals surface area contributed by atoms with E-state index in [-0.39, 0.29) is 34.8 Å². The summed E-state index contributed by atoms with van der Waals surface area (Å²) in [7, 11) is 0. The van der Waals surface area contributed by atoms with Gasteiger partial charge in [-0.15, -0.1) is 0 Å². The highest BCUT2D eigenvalue weighted by Gasteiger charge is 2.20. The lowest BCUT2D eigenvalue weighted by Crippen LogP contribution is -2.43. The molecule has 1 amide bonds.